The van der Waals surface area contributed by atoms with Gasteiger partial charge in [-0.25, -0.2) is 4.52 Å². The van der Waals surface area contributed by atoms with E-state index in [1.54, 1.807) is 18.3 Å². The molecule has 0 saturated carbocycles. The highest BCUT2D eigenvalue weighted by molar-refractivity contribution is 6.61. The Balaban J connectivity index is 2.74. The van der Waals surface area contributed by atoms with Crippen molar-refractivity contribution in [2.75, 3.05) is 7.11 Å². The number of ether oxygens (including phenoxy) is 1. The van der Waals surface area contributed by atoms with Crippen LogP contribution in [0.4, 0.5) is 0 Å². The minimum absolute atomic E-state index is 0.336. The van der Waals surface area contributed by atoms with E-state index in [0.29, 0.717) is 16.7 Å². The van der Waals surface area contributed by atoms with Crippen molar-refractivity contribution in [2.24, 2.45) is 0 Å². The van der Waals surface area contributed by atoms with Crippen LogP contribution in [0.15, 0.2) is 24.5 Å². The topological polar surface area (TPSA) is 67.0 Å². The number of hydrogen-bond acceptors (Lipinski definition) is 4. The van der Waals surface area contributed by atoms with Gasteiger partial charge in [0.1, 0.15) is 11.3 Å². The van der Waals surface area contributed by atoms with Crippen molar-refractivity contribution < 1.29 is 14.8 Å². The summed E-state index contributed by atoms with van der Waals surface area (Å²) in [6, 6.07) is 3.51. The third-order valence-corrected chi connectivity index (χ3v) is 2.03. The SMILES string of the molecule is COc1cccn2ncc(B(O)O)c12. The fourth-order valence-corrected chi connectivity index (χ4v) is 1.39. The second kappa shape index (κ2) is 3.32. The summed E-state index contributed by atoms with van der Waals surface area (Å²) in [6.07, 6.45) is 3.12. The van der Waals surface area contributed by atoms with Crippen LogP contribution in [0.25, 0.3) is 5.52 Å². The van der Waals surface area contributed by atoms with Crippen LogP contribution >= 0.6 is 0 Å². The molecule has 2 aromatic rings. The van der Waals surface area contributed by atoms with E-state index in [0.717, 1.165) is 0 Å². The van der Waals surface area contributed by atoms with Crippen LogP contribution in [-0.2, 0) is 0 Å². The Bertz CT molecular complexity index is 455. The van der Waals surface area contributed by atoms with Gasteiger partial charge in [-0.1, -0.05) is 0 Å². The molecule has 0 aliphatic rings. The standard InChI is InChI=1S/C8H9BN2O3/c1-14-7-3-2-4-11-8(7)6(5-10-11)9(12)13/h2-5,12-13H,1H3. The summed E-state index contributed by atoms with van der Waals surface area (Å²) in [5.74, 6) is 0.563. The lowest BCUT2D eigenvalue weighted by molar-refractivity contribution is 0.415. The van der Waals surface area contributed by atoms with E-state index in [1.807, 2.05) is 0 Å². The molecule has 2 N–H and O–H groups in total. The van der Waals surface area contributed by atoms with Gasteiger partial charge in [-0.3, -0.25) is 0 Å². The normalized spacial score (nSPS) is 10.5. The minimum atomic E-state index is -1.54. The van der Waals surface area contributed by atoms with Gasteiger partial charge < -0.3 is 14.8 Å². The number of rotatable bonds is 2. The summed E-state index contributed by atoms with van der Waals surface area (Å²) in [4.78, 5) is 0. The number of fused-ring (bicyclic) bond motifs is 1. The minimum Gasteiger partial charge on any atom is -0.495 e. The molecule has 5 nitrogen and oxygen atoms in total. The third-order valence-electron chi connectivity index (χ3n) is 2.03. The van der Waals surface area contributed by atoms with Crippen LogP contribution in [-0.4, -0.2) is 33.9 Å². The molecule has 0 unspecified atom stereocenters. The Labute approximate surface area is 80.7 Å². The van der Waals surface area contributed by atoms with Gasteiger partial charge in [0.15, 0.2) is 0 Å². The van der Waals surface area contributed by atoms with Crippen molar-refractivity contribution in [3.05, 3.63) is 24.5 Å². The first kappa shape index (κ1) is 9.05. The Morgan fingerprint density at radius 1 is 1.50 bits per heavy atom. The first-order valence-electron chi connectivity index (χ1n) is 4.10. The molecule has 0 aromatic carbocycles. The maximum absolute atomic E-state index is 9.08. The summed E-state index contributed by atoms with van der Waals surface area (Å²) in [5, 5.41) is 22.1. The fraction of sp³-hybridized carbons (Fsp3) is 0.125. The predicted octanol–water partition coefficient (Wildman–Crippen LogP) is -0.977. The molecule has 6 heteroatoms. The van der Waals surface area contributed by atoms with Gasteiger partial charge in [0.05, 0.1) is 7.11 Å². The van der Waals surface area contributed by atoms with Gasteiger partial charge in [0, 0.05) is 17.9 Å². The Kier molecular flexibility index (Phi) is 2.15. The third kappa shape index (κ3) is 1.25. The van der Waals surface area contributed by atoms with Crippen molar-refractivity contribution in [1.29, 1.82) is 0 Å². The fourth-order valence-electron chi connectivity index (χ4n) is 1.39. The molecular weight excluding hydrogens is 183 g/mol. The van der Waals surface area contributed by atoms with E-state index in [-0.39, 0.29) is 0 Å². The van der Waals surface area contributed by atoms with E-state index in [1.165, 1.54) is 17.8 Å². The van der Waals surface area contributed by atoms with E-state index in [4.69, 9.17) is 14.8 Å². The zero-order valence-electron chi connectivity index (χ0n) is 7.58. The largest absolute Gasteiger partial charge is 0.495 e. The van der Waals surface area contributed by atoms with Crippen molar-refractivity contribution in [1.82, 2.24) is 9.61 Å². The quantitative estimate of drug-likeness (QED) is 0.600. The Hall–Kier alpha value is -1.53. The second-order valence-electron chi connectivity index (χ2n) is 2.84. The summed E-state index contributed by atoms with van der Waals surface area (Å²) in [5.41, 5.74) is 0.910. The molecule has 2 heterocycles. The summed E-state index contributed by atoms with van der Waals surface area (Å²) in [7, 11) is -0.0145. The first-order chi connectivity index (χ1) is 6.74. The molecule has 2 aromatic heterocycles. The number of hydrogen-bond donors (Lipinski definition) is 2. The lowest BCUT2D eigenvalue weighted by atomic mass is 9.81. The maximum Gasteiger partial charge on any atom is 0.492 e. The average molecular weight is 192 g/mol. The highest BCUT2D eigenvalue weighted by Crippen LogP contribution is 2.16. The molecule has 2 rings (SSSR count). The number of aromatic nitrogens is 2. The maximum atomic E-state index is 9.08. The number of methoxy groups -OCH3 is 1. The molecule has 0 atom stereocenters. The van der Waals surface area contributed by atoms with E-state index in [9.17, 15) is 0 Å². The smallest absolute Gasteiger partial charge is 0.492 e. The molecule has 0 spiro atoms. The van der Waals surface area contributed by atoms with Crippen LogP contribution in [0.1, 0.15) is 0 Å². The van der Waals surface area contributed by atoms with Crippen molar-refractivity contribution in [3.63, 3.8) is 0 Å². The molecule has 0 bridgehead atoms. The van der Waals surface area contributed by atoms with Gasteiger partial charge in [0.2, 0.25) is 0 Å². The highest BCUT2D eigenvalue weighted by atomic mass is 16.5. The lowest BCUT2D eigenvalue weighted by Gasteiger charge is -2.03. The van der Waals surface area contributed by atoms with Crippen LogP contribution in [0.2, 0.25) is 0 Å². The molecule has 0 fully saturated rings. The molecule has 14 heavy (non-hydrogen) atoms. The number of nitrogens with zero attached hydrogens (tertiary/aromatic N) is 2. The van der Waals surface area contributed by atoms with Crippen LogP contribution in [0, 0.1) is 0 Å². The molecule has 0 aliphatic carbocycles. The van der Waals surface area contributed by atoms with E-state index < -0.39 is 7.12 Å². The monoisotopic (exact) mass is 192 g/mol. The van der Waals surface area contributed by atoms with Gasteiger partial charge in [0.25, 0.3) is 0 Å². The van der Waals surface area contributed by atoms with Crippen molar-refractivity contribution in [3.8, 4) is 5.75 Å². The molecule has 0 amide bonds. The van der Waals surface area contributed by atoms with Crippen molar-refractivity contribution in [2.45, 2.75) is 0 Å². The first-order valence-corrected chi connectivity index (χ1v) is 4.10. The average Bonchev–Trinajstić information content (AvgIpc) is 2.60. The lowest BCUT2D eigenvalue weighted by Crippen LogP contribution is -2.29. The molecule has 72 valence electrons. The molecule has 0 saturated heterocycles. The van der Waals surface area contributed by atoms with E-state index >= 15 is 0 Å². The zero-order chi connectivity index (χ0) is 10.1. The van der Waals surface area contributed by atoms with Crippen molar-refractivity contribution >= 4 is 18.1 Å². The summed E-state index contributed by atoms with van der Waals surface area (Å²) >= 11 is 0. The summed E-state index contributed by atoms with van der Waals surface area (Å²) < 4.78 is 6.63. The van der Waals surface area contributed by atoms with Crippen LogP contribution in [0.5, 0.6) is 5.75 Å². The molecular formula is C8H9BN2O3. The summed E-state index contributed by atoms with van der Waals surface area (Å²) in [6.45, 7) is 0. The molecule has 0 radical (unpaired) electrons. The highest BCUT2D eigenvalue weighted by Gasteiger charge is 2.19. The van der Waals surface area contributed by atoms with E-state index in [2.05, 4.69) is 5.10 Å². The molecule has 0 aliphatic heterocycles. The van der Waals surface area contributed by atoms with Gasteiger partial charge in [-0.15, -0.1) is 0 Å². The van der Waals surface area contributed by atoms with Gasteiger partial charge in [-0.2, -0.15) is 5.10 Å². The van der Waals surface area contributed by atoms with Gasteiger partial charge >= 0.3 is 7.12 Å². The Morgan fingerprint density at radius 3 is 2.93 bits per heavy atom. The predicted molar refractivity (Wildman–Crippen MR) is 51.6 cm³/mol. The second-order valence-corrected chi connectivity index (χ2v) is 2.84. The zero-order valence-corrected chi connectivity index (χ0v) is 7.58. The Morgan fingerprint density at radius 2 is 2.29 bits per heavy atom. The van der Waals surface area contributed by atoms with Crippen LogP contribution in [0.3, 0.4) is 0 Å². The van der Waals surface area contributed by atoms with Crippen LogP contribution < -0.4 is 10.2 Å². The van der Waals surface area contributed by atoms with Gasteiger partial charge in [-0.05, 0) is 12.1 Å². The number of pyridine rings is 1.